The Hall–Kier alpha value is -2.21. The fourth-order valence-electron chi connectivity index (χ4n) is 2.97. The lowest BCUT2D eigenvalue weighted by Gasteiger charge is -2.31. The normalized spacial score (nSPS) is 18.1. The molecule has 6 heteroatoms. The molecule has 2 aromatic rings. The highest BCUT2D eigenvalue weighted by Crippen LogP contribution is 2.26. The first-order valence-corrected chi connectivity index (χ1v) is 8.39. The average Bonchev–Trinajstić information content (AvgIpc) is 3.09. The molecule has 1 amide bonds. The minimum atomic E-state index is 0.127. The zero-order chi connectivity index (χ0) is 16.8. The molecule has 2 heterocycles. The van der Waals surface area contributed by atoms with Crippen molar-refractivity contribution in [2.24, 2.45) is 0 Å². The van der Waals surface area contributed by atoms with Crippen molar-refractivity contribution >= 4 is 5.91 Å². The number of likely N-dealkylation sites (tertiary alicyclic amines) is 1. The van der Waals surface area contributed by atoms with Gasteiger partial charge in [0.1, 0.15) is 0 Å². The summed E-state index contributed by atoms with van der Waals surface area (Å²) in [5.74, 6) is 1.64. The molecule has 128 valence electrons. The van der Waals surface area contributed by atoms with E-state index in [4.69, 9.17) is 9.26 Å². The van der Waals surface area contributed by atoms with Gasteiger partial charge in [-0.3, -0.25) is 4.79 Å². The highest BCUT2D eigenvalue weighted by atomic mass is 16.5. The maximum Gasteiger partial charge on any atom is 0.231 e. The summed E-state index contributed by atoms with van der Waals surface area (Å²) in [6.45, 7) is 1.95. The molecule has 1 aromatic heterocycles. The number of hydrogen-bond acceptors (Lipinski definition) is 5. The van der Waals surface area contributed by atoms with Crippen LogP contribution < -0.4 is 0 Å². The zero-order valence-electron chi connectivity index (χ0n) is 14.0. The summed E-state index contributed by atoms with van der Waals surface area (Å²) in [5, 5.41) is 4.00. The van der Waals surface area contributed by atoms with Crippen LogP contribution in [0.5, 0.6) is 0 Å². The van der Waals surface area contributed by atoms with Crippen molar-refractivity contribution in [2.75, 3.05) is 26.8 Å². The van der Waals surface area contributed by atoms with E-state index >= 15 is 0 Å². The largest absolute Gasteiger partial charge is 0.384 e. The molecule has 0 radical (unpaired) electrons. The molecule has 6 nitrogen and oxygen atoms in total. The second kappa shape index (κ2) is 8.06. The first-order valence-electron chi connectivity index (χ1n) is 8.39. The van der Waals surface area contributed by atoms with Crippen LogP contribution >= 0.6 is 0 Å². The molecular weight excluding hydrogens is 306 g/mol. The van der Waals surface area contributed by atoms with Gasteiger partial charge in [0.15, 0.2) is 5.82 Å². The third-order valence-corrected chi connectivity index (χ3v) is 4.38. The van der Waals surface area contributed by atoms with Crippen LogP contribution in [0.2, 0.25) is 0 Å². The third-order valence-electron chi connectivity index (χ3n) is 4.38. The van der Waals surface area contributed by atoms with E-state index in [1.165, 1.54) is 5.56 Å². The zero-order valence-corrected chi connectivity index (χ0v) is 14.0. The first kappa shape index (κ1) is 16.6. The van der Waals surface area contributed by atoms with E-state index in [1.54, 1.807) is 7.11 Å². The highest BCUT2D eigenvalue weighted by molar-refractivity contribution is 5.77. The number of rotatable bonds is 7. The number of benzene rings is 1. The second-order valence-electron chi connectivity index (χ2n) is 6.10. The monoisotopic (exact) mass is 329 g/mol. The Labute approximate surface area is 141 Å². The molecular formula is C18H23N3O3. The van der Waals surface area contributed by atoms with E-state index in [2.05, 4.69) is 22.3 Å². The van der Waals surface area contributed by atoms with Crippen molar-refractivity contribution in [3.8, 4) is 0 Å². The lowest BCUT2D eigenvalue weighted by atomic mass is 9.97. The van der Waals surface area contributed by atoms with Crippen LogP contribution in [0.4, 0.5) is 0 Å². The Morgan fingerprint density at radius 1 is 1.29 bits per heavy atom. The lowest BCUT2D eigenvalue weighted by Crippen LogP contribution is -2.40. The Bertz CT molecular complexity index is 657. The molecule has 1 fully saturated rings. The van der Waals surface area contributed by atoms with Crippen LogP contribution in [-0.2, 0) is 22.4 Å². The van der Waals surface area contributed by atoms with Crippen molar-refractivity contribution in [1.29, 1.82) is 0 Å². The Kier molecular flexibility index (Phi) is 5.59. The molecule has 0 saturated carbocycles. The lowest BCUT2D eigenvalue weighted by molar-refractivity contribution is -0.133. The molecule has 0 unspecified atom stereocenters. The van der Waals surface area contributed by atoms with Gasteiger partial charge in [0, 0.05) is 33.0 Å². The van der Waals surface area contributed by atoms with Gasteiger partial charge in [-0.1, -0.05) is 35.5 Å². The fraction of sp³-hybridized carbons (Fsp3) is 0.500. The summed E-state index contributed by atoms with van der Waals surface area (Å²) in [7, 11) is 1.65. The Balaban J connectivity index is 1.58. The van der Waals surface area contributed by atoms with Crippen LogP contribution in [-0.4, -0.2) is 47.8 Å². The van der Waals surface area contributed by atoms with E-state index in [1.807, 2.05) is 23.1 Å². The number of ether oxygens (including phenoxy) is 1. The summed E-state index contributed by atoms with van der Waals surface area (Å²) in [6.07, 6.45) is 2.81. The molecule has 0 spiro atoms. The molecule has 0 N–H and O–H groups in total. The van der Waals surface area contributed by atoms with Crippen molar-refractivity contribution in [3.63, 3.8) is 0 Å². The van der Waals surface area contributed by atoms with Gasteiger partial charge < -0.3 is 14.2 Å². The molecule has 0 bridgehead atoms. The van der Waals surface area contributed by atoms with E-state index < -0.39 is 0 Å². The van der Waals surface area contributed by atoms with Gasteiger partial charge in [0.25, 0.3) is 0 Å². The van der Waals surface area contributed by atoms with E-state index in [-0.39, 0.29) is 11.8 Å². The number of carbonyl (C=O) groups excluding carboxylic acids is 1. The number of amides is 1. The molecule has 1 aromatic carbocycles. The number of aromatic nitrogens is 2. The van der Waals surface area contributed by atoms with E-state index in [0.717, 1.165) is 19.4 Å². The van der Waals surface area contributed by atoms with Crippen LogP contribution in [0.3, 0.4) is 0 Å². The second-order valence-corrected chi connectivity index (χ2v) is 6.10. The van der Waals surface area contributed by atoms with E-state index in [0.29, 0.717) is 37.7 Å². The van der Waals surface area contributed by atoms with Gasteiger partial charge in [-0.05, 0) is 18.4 Å². The van der Waals surface area contributed by atoms with Gasteiger partial charge in [0.2, 0.25) is 11.8 Å². The van der Waals surface area contributed by atoms with Crippen LogP contribution in [0, 0.1) is 0 Å². The van der Waals surface area contributed by atoms with Crippen LogP contribution in [0.1, 0.15) is 36.0 Å². The Morgan fingerprint density at radius 3 is 2.92 bits per heavy atom. The summed E-state index contributed by atoms with van der Waals surface area (Å²) in [5.41, 5.74) is 1.24. The SMILES string of the molecule is COCCc1noc([C@H]2CCC(=O)N(CCc3ccccc3)C2)n1. The fourth-order valence-corrected chi connectivity index (χ4v) is 2.97. The van der Waals surface area contributed by atoms with E-state index in [9.17, 15) is 4.79 Å². The standard InChI is InChI=1S/C18H23N3O3/c1-23-12-10-16-19-18(24-20-16)15-7-8-17(22)21(13-15)11-9-14-5-3-2-4-6-14/h2-6,15H,7-13H2,1H3/t15-/m0/s1. The number of carbonyl (C=O) groups is 1. The van der Waals surface area contributed by atoms with Crippen LogP contribution in [0.25, 0.3) is 0 Å². The number of piperidine rings is 1. The highest BCUT2D eigenvalue weighted by Gasteiger charge is 2.30. The number of nitrogens with zero attached hydrogens (tertiary/aromatic N) is 3. The van der Waals surface area contributed by atoms with Crippen molar-refractivity contribution in [3.05, 3.63) is 47.6 Å². The third kappa shape index (κ3) is 4.20. The van der Waals surface area contributed by atoms with Gasteiger partial charge in [-0.25, -0.2) is 0 Å². The summed E-state index contributed by atoms with van der Waals surface area (Å²) >= 11 is 0. The average molecular weight is 329 g/mol. The predicted molar refractivity (Wildman–Crippen MR) is 88.6 cm³/mol. The van der Waals surface area contributed by atoms with Crippen molar-refractivity contribution in [2.45, 2.75) is 31.6 Å². The number of hydrogen-bond donors (Lipinski definition) is 0. The van der Waals surface area contributed by atoms with Crippen molar-refractivity contribution in [1.82, 2.24) is 15.0 Å². The smallest absolute Gasteiger partial charge is 0.231 e. The van der Waals surface area contributed by atoms with Gasteiger partial charge in [-0.2, -0.15) is 4.98 Å². The number of methoxy groups -OCH3 is 1. The summed E-state index contributed by atoms with van der Waals surface area (Å²) in [4.78, 5) is 18.6. The minimum Gasteiger partial charge on any atom is -0.384 e. The Morgan fingerprint density at radius 2 is 2.12 bits per heavy atom. The molecule has 0 aliphatic carbocycles. The van der Waals surface area contributed by atoms with Crippen molar-refractivity contribution < 1.29 is 14.1 Å². The molecule has 24 heavy (non-hydrogen) atoms. The predicted octanol–water partition coefficient (Wildman–Crippen LogP) is 2.21. The molecule has 1 atom stereocenters. The van der Waals surface area contributed by atoms with Gasteiger partial charge >= 0.3 is 0 Å². The minimum absolute atomic E-state index is 0.127. The topological polar surface area (TPSA) is 68.5 Å². The van der Waals surface area contributed by atoms with Gasteiger partial charge in [0.05, 0.1) is 12.5 Å². The molecule has 1 saturated heterocycles. The molecule has 1 aliphatic heterocycles. The summed E-state index contributed by atoms with van der Waals surface area (Å²) < 4.78 is 10.4. The van der Waals surface area contributed by atoms with Gasteiger partial charge in [-0.15, -0.1) is 0 Å². The maximum absolute atomic E-state index is 12.2. The first-order chi connectivity index (χ1) is 11.8. The summed E-state index contributed by atoms with van der Waals surface area (Å²) in [6, 6.07) is 10.2. The quantitative estimate of drug-likeness (QED) is 0.779. The molecule has 1 aliphatic rings. The maximum atomic E-state index is 12.2. The van der Waals surface area contributed by atoms with Crippen LogP contribution in [0.15, 0.2) is 34.9 Å². The molecule has 3 rings (SSSR count).